The van der Waals surface area contributed by atoms with E-state index in [9.17, 15) is 13.6 Å². The summed E-state index contributed by atoms with van der Waals surface area (Å²) in [7, 11) is 1.56. The second kappa shape index (κ2) is 6.42. The standard InChI is InChI=1S/C18H18BrF2N3OS/c1-17(14-12(19)8-9-26-14)13(15(25)24(3)16(22)23-17)10-4-6-11(7-5-10)18(2,20)21/h4-9,13H,1-3H3,(H2,22,23)/t13?,17-/m0/s1. The van der Waals surface area contributed by atoms with Crippen LogP contribution >= 0.6 is 27.3 Å². The highest BCUT2D eigenvalue weighted by molar-refractivity contribution is 9.10. The fraction of sp³-hybridized carbons (Fsp3) is 0.333. The zero-order chi connectivity index (χ0) is 19.3. The van der Waals surface area contributed by atoms with E-state index in [1.165, 1.54) is 28.4 Å². The largest absolute Gasteiger partial charge is 0.369 e. The number of hydrogen-bond donors (Lipinski definition) is 1. The van der Waals surface area contributed by atoms with Gasteiger partial charge in [0.15, 0.2) is 5.96 Å². The molecule has 2 aromatic rings. The summed E-state index contributed by atoms with van der Waals surface area (Å²) in [5.74, 6) is -3.70. The molecule has 1 unspecified atom stereocenters. The number of aliphatic imine (C=N–C) groups is 1. The molecule has 8 heteroatoms. The van der Waals surface area contributed by atoms with Gasteiger partial charge < -0.3 is 5.73 Å². The van der Waals surface area contributed by atoms with Crippen molar-refractivity contribution in [2.75, 3.05) is 7.05 Å². The molecular formula is C18H18BrF2N3OS. The van der Waals surface area contributed by atoms with Gasteiger partial charge in [-0.3, -0.25) is 9.69 Å². The van der Waals surface area contributed by atoms with Gasteiger partial charge in [-0.2, -0.15) is 0 Å². The van der Waals surface area contributed by atoms with E-state index in [1.807, 2.05) is 18.4 Å². The summed E-state index contributed by atoms with van der Waals surface area (Å²) in [4.78, 5) is 19.8. The third kappa shape index (κ3) is 3.05. The van der Waals surface area contributed by atoms with E-state index < -0.39 is 17.4 Å². The second-order valence-electron chi connectivity index (χ2n) is 6.56. The van der Waals surface area contributed by atoms with Crippen molar-refractivity contribution in [2.45, 2.75) is 31.2 Å². The Morgan fingerprint density at radius 1 is 1.31 bits per heavy atom. The third-order valence-electron chi connectivity index (χ3n) is 4.66. The number of amides is 1. The van der Waals surface area contributed by atoms with Crippen LogP contribution in [0.3, 0.4) is 0 Å². The lowest BCUT2D eigenvalue weighted by Gasteiger charge is -2.40. The summed E-state index contributed by atoms with van der Waals surface area (Å²) in [6.45, 7) is 2.69. The average Bonchev–Trinajstić information content (AvgIpc) is 2.99. The first-order valence-corrected chi connectivity index (χ1v) is 9.57. The zero-order valence-electron chi connectivity index (χ0n) is 14.5. The molecule has 0 saturated carbocycles. The second-order valence-corrected chi connectivity index (χ2v) is 8.33. The molecule has 0 bridgehead atoms. The van der Waals surface area contributed by atoms with Crippen LogP contribution in [0.1, 0.15) is 35.8 Å². The predicted octanol–water partition coefficient (Wildman–Crippen LogP) is 4.41. The Bertz CT molecular complexity index is 875. The number of nitrogens with zero attached hydrogens (tertiary/aromatic N) is 2. The lowest BCUT2D eigenvalue weighted by molar-refractivity contribution is -0.130. The van der Waals surface area contributed by atoms with Gasteiger partial charge in [-0.15, -0.1) is 11.3 Å². The molecule has 2 heterocycles. The monoisotopic (exact) mass is 441 g/mol. The van der Waals surface area contributed by atoms with Crippen LogP contribution in [-0.2, 0) is 16.3 Å². The van der Waals surface area contributed by atoms with Gasteiger partial charge in [-0.25, -0.2) is 13.8 Å². The molecule has 26 heavy (non-hydrogen) atoms. The molecule has 0 fully saturated rings. The SMILES string of the molecule is CN1C(=O)C(c2ccc(C(C)(F)F)cc2)[C@@](C)(c2sccc2Br)N=C1N. The Labute approximate surface area is 162 Å². The van der Waals surface area contributed by atoms with Crippen LogP contribution in [-0.4, -0.2) is 23.8 Å². The van der Waals surface area contributed by atoms with Gasteiger partial charge in [-0.05, 0) is 39.9 Å². The number of likely N-dealkylation sites (N-methyl/N-ethyl adjacent to an activating group) is 1. The fourth-order valence-corrected chi connectivity index (χ4v) is 5.11. The summed E-state index contributed by atoms with van der Waals surface area (Å²) in [6.07, 6.45) is 0. The van der Waals surface area contributed by atoms with Gasteiger partial charge in [0.05, 0.1) is 5.92 Å². The number of nitrogens with two attached hydrogens (primary N) is 1. The highest BCUT2D eigenvalue weighted by Gasteiger charge is 2.48. The van der Waals surface area contributed by atoms with Crippen LogP contribution in [0.5, 0.6) is 0 Å². The van der Waals surface area contributed by atoms with Crippen LogP contribution in [0.4, 0.5) is 8.78 Å². The van der Waals surface area contributed by atoms with E-state index >= 15 is 0 Å². The van der Waals surface area contributed by atoms with E-state index in [0.717, 1.165) is 16.3 Å². The van der Waals surface area contributed by atoms with Crippen LogP contribution in [0, 0.1) is 0 Å². The number of rotatable bonds is 3. The maximum absolute atomic E-state index is 13.5. The van der Waals surface area contributed by atoms with Crippen molar-refractivity contribution in [3.8, 4) is 0 Å². The molecule has 1 aliphatic heterocycles. The number of carbonyl (C=O) groups excluding carboxylic acids is 1. The van der Waals surface area contributed by atoms with Crippen molar-refractivity contribution in [3.05, 3.63) is 56.2 Å². The van der Waals surface area contributed by atoms with Crippen molar-refractivity contribution in [1.29, 1.82) is 0 Å². The van der Waals surface area contributed by atoms with Gasteiger partial charge >= 0.3 is 0 Å². The maximum Gasteiger partial charge on any atom is 0.270 e. The van der Waals surface area contributed by atoms with Gasteiger partial charge in [0, 0.05) is 28.9 Å². The quantitative estimate of drug-likeness (QED) is 0.766. The number of thiophene rings is 1. The van der Waals surface area contributed by atoms with Gasteiger partial charge in [0.1, 0.15) is 5.54 Å². The van der Waals surface area contributed by atoms with Crippen LogP contribution in [0.2, 0.25) is 0 Å². The van der Waals surface area contributed by atoms with Crippen LogP contribution < -0.4 is 5.73 Å². The molecule has 1 aliphatic rings. The molecular weight excluding hydrogens is 424 g/mol. The topological polar surface area (TPSA) is 58.7 Å². The summed E-state index contributed by atoms with van der Waals surface area (Å²) in [5, 5.41) is 1.90. The fourth-order valence-electron chi connectivity index (χ4n) is 3.20. The molecule has 0 spiro atoms. The lowest BCUT2D eigenvalue weighted by Crippen LogP contribution is -2.52. The van der Waals surface area contributed by atoms with E-state index in [1.54, 1.807) is 19.2 Å². The molecule has 3 rings (SSSR count). The first-order valence-electron chi connectivity index (χ1n) is 7.90. The number of alkyl halides is 2. The molecule has 1 aromatic heterocycles. The van der Waals surface area contributed by atoms with E-state index in [0.29, 0.717) is 5.56 Å². The molecule has 2 N–H and O–H groups in total. The number of benzene rings is 1. The average molecular weight is 442 g/mol. The highest BCUT2D eigenvalue weighted by atomic mass is 79.9. The van der Waals surface area contributed by atoms with E-state index in [4.69, 9.17) is 5.73 Å². The van der Waals surface area contributed by atoms with Gasteiger partial charge in [0.2, 0.25) is 5.91 Å². The summed E-state index contributed by atoms with van der Waals surface area (Å²) < 4.78 is 27.9. The minimum absolute atomic E-state index is 0.0973. The first kappa shape index (κ1) is 19.0. The minimum atomic E-state index is -2.94. The van der Waals surface area contributed by atoms with Crippen LogP contribution in [0.15, 0.2) is 45.2 Å². The Morgan fingerprint density at radius 2 is 1.92 bits per heavy atom. The smallest absolute Gasteiger partial charge is 0.270 e. The Balaban J connectivity index is 2.16. The summed E-state index contributed by atoms with van der Waals surface area (Å²) in [5.41, 5.74) is 5.56. The van der Waals surface area contributed by atoms with E-state index in [-0.39, 0.29) is 17.4 Å². The number of hydrogen-bond acceptors (Lipinski definition) is 4. The van der Waals surface area contributed by atoms with Crippen molar-refractivity contribution in [3.63, 3.8) is 0 Å². The molecule has 0 saturated heterocycles. The zero-order valence-corrected chi connectivity index (χ0v) is 16.9. The molecule has 1 aromatic carbocycles. The molecule has 4 nitrogen and oxygen atoms in total. The Kier molecular flexibility index (Phi) is 4.69. The molecule has 2 atom stereocenters. The highest BCUT2D eigenvalue weighted by Crippen LogP contribution is 2.48. The van der Waals surface area contributed by atoms with Crippen molar-refractivity contribution in [1.82, 2.24) is 4.90 Å². The molecule has 138 valence electrons. The number of guanidine groups is 1. The lowest BCUT2D eigenvalue weighted by atomic mass is 9.77. The van der Waals surface area contributed by atoms with Gasteiger partial charge in [0.25, 0.3) is 5.92 Å². The maximum atomic E-state index is 13.5. The minimum Gasteiger partial charge on any atom is -0.369 e. The third-order valence-corrected chi connectivity index (χ3v) is 6.72. The van der Waals surface area contributed by atoms with Crippen molar-refractivity contribution in [2.24, 2.45) is 10.7 Å². The number of halogens is 3. The summed E-state index contributed by atoms with van der Waals surface area (Å²) in [6, 6.07) is 7.74. The molecule has 0 aliphatic carbocycles. The Hall–Kier alpha value is -1.80. The first-order chi connectivity index (χ1) is 12.1. The van der Waals surface area contributed by atoms with E-state index in [2.05, 4.69) is 20.9 Å². The Morgan fingerprint density at radius 3 is 2.42 bits per heavy atom. The number of carbonyl (C=O) groups is 1. The van der Waals surface area contributed by atoms with Crippen LogP contribution in [0.25, 0.3) is 0 Å². The van der Waals surface area contributed by atoms with Gasteiger partial charge in [-0.1, -0.05) is 24.3 Å². The summed E-state index contributed by atoms with van der Waals surface area (Å²) >= 11 is 4.97. The molecule has 0 radical (unpaired) electrons. The van der Waals surface area contributed by atoms with Crippen molar-refractivity contribution >= 4 is 39.1 Å². The predicted molar refractivity (Wildman–Crippen MR) is 103 cm³/mol. The molecule has 1 amide bonds. The van der Waals surface area contributed by atoms with Crippen molar-refractivity contribution < 1.29 is 13.6 Å². The normalized spacial score (nSPS) is 23.9.